The molecular formula is C22H21FN4O2. The van der Waals surface area contributed by atoms with E-state index in [0.29, 0.717) is 17.7 Å². The summed E-state index contributed by atoms with van der Waals surface area (Å²) in [5, 5.41) is 2.85. The zero-order valence-corrected chi connectivity index (χ0v) is 15.6. The van der Waals surface area contributed by atoms with Gasteiger partial charge in [0.1, 0.15) is 11.8 Å². The minimum atomic E-state index is -0.495. The van der Waals surface area contributed by atoms with Crippen LogP contribution in [0.2, 0.25) is 0 Å². The zero-order valence-electron chi connectivity index (χ0n) is 15.6. The Morgan fingerprint density at radius 3 is 2.76 bits per heavy atom. The number of hydrazine groups is 1. The first-order chi connectivity index (χ1) is 14.2. The maximum absolute atomic E-state index is 14.3. The number of rotatable bonds is 6. The summed E-state index contributed by atoms with van der Waals surface area (Å²) >= 11 is 0. The smallest absolute Gasteiger partial charge is 0.238 e. The molecule has 0 spiro atoms. The van der Waals surface area contributed by atoms with E-state index in [2.05, 4.69) is 21.2 Å². The number of carbonyl (C=O) groups is 1. The van der Waals surface area contributed by atoms with Gasteiger partial charge in [0, 0.05) is 18.8 Å². The fourth-order valence-electron chi connectivity index (χ4n) is 3.22. The largest absolute Gasteiger partial charge is 0.453 e. The van der Waals surface area contributed by atoms with Gasteiger partial charge in [0.05, 0.1) is 6.20 Å². The molecular weight excluding hydrogens is 371 g/mol. The third kappa shape index (κ3) is 4.77. The summed E-state index contributed by atoms with van der Waals surface area (Å²) in [6, 6.07) is 17.7. The molecule has 2 unspecified atom stereocenters. The van der Waals surface area contributed by atoms with E-state index >= 15 is 0 Å². The van der Waals surface area contributed by atoms with Crippen LogP contribution in [0.5, 0.6) is 11.5 Å². The van der Waals surface area contributed by atoms with Crippen LogP contribution in [0.3, 0.4) is 0 Å². The Hall–Kier alpha value is -3.29. The van der Waals surface area contributed by atoms with Crippen molar-refractivity contribution >= 4 is 5.91 Å². The molecule has 0 radical (unpaired) electrons. The molecule has 148 valence electrons. The summed E-state index contributed by atoms with van der Waals surface area (Å²) in [6.07, 6.45) is 3.77. The van der Waals surface area contributed by atoms with Crippen LogP contribution >= 0.6 is 0 Å². The Balaban J connectivity index is 1.31. The first-order valence-corrected chi connectivity index (χ1v) is 9.39. The van der Waals surface area contributed by atoms with E-state index in [1.165, 1.54) is 12.3 Å². The number of ether oxygens (including phenoxy) is 1. The van der Waals surface area contributed by atoms with E-state index in [1.54, 1.807) is 30.5 Å². The Kier molecular flexibility index (Phi) is 5.79. The average Bonchev–Trinajstić information content (AvgIpc) is 3.26. The standard InChI is InChI=1S/C22H21FN4O2/c23-18-11-15(8-9-21(18)29-17-7-4-10-24-14-17)13-25-22(28)20-12-19(26-27-20)16-5-2-1-3-6-16/h1-11,14,19-20,26-27H,12-13H2,(H,25,28). The molecule has 1 fully saturated rings. The van der Waals surface area contributed by atoms with E-state index in [0.717, 1.165) is 5.56 Å². The zero-order chi connectivity index (χ0) is 20.1. The number of pyridine rings is 1. The van der Waals surface area contributed by atoms with Gasteiger partial charge in [0.15, 0.2) is 11.6 Å². The lowest BCUT2D eigenvalue weighted by Crippen LogP contribution is -2.42. The van der Waals surface area contributed by atoms with Crippen molar-refractivity contribution in [3.8, 4) is 11.5 Å². The molecule has 2 heterocycles. The molecule has 2 atom stereocenters. The van der Waals surface area contributed by atoms with Gasteiger partial charge in [-0.2, -0.15) is 0 Å². The maximum atomic E-state index is 14.3. The lowest BCUT2D eigenvalue weighted by atomic mass is 10.0. The highest BCUT2D eigenvalue weighted by atomic mass is 19.1. The molecule has 4 rings (SSSR count). The SMILES string of the molecule is O=C(NCc1ccc(Oc2cccnc2)c(F)c1)C1CC(c2ccccc2)NN1. The van der Waals surface area contributed by atoms with E-state index in [4.69, 9.17) is 4.74 Å². The summed E-state index contributed by atoms with van der Waals surface area (Å²) in [6.45, 7) is 0.233. The summed E-state index contributed by atoms with van der Waals surface area (Å²) in [5.74, 6) is -0.0573. The minimum Gasteiger partial charge on any atom is -0.453 e. The Bertz CT molecular complexity index is 969. The predicted octanol–water partition coefficient (Wildman–Crippen LogP) is 3.24. The van der Waals surface area contributed by atoms with Gasteiger partial charge in [0.2, 0.25) is 5.91 Å². The second-order valence-electron chi connectivity index (χ2n) is 6.81. The fourth-order valence-corrected chi connectivity index (χ4v) is 3.22. The van der Waals surface area contributed by atoms with Crippen molar-refractivity contribution < 1.29 is 13.9 Å². The molecule has 6 nitrogen and oxygen atoms in total. The van der Waals surface area contributed by atoms with Gasteiger partial charge in [-0.25, -0.2) is 15.2 Å². The molecule has 1 saturated heterocycles. The molecule has 1 amide bonds. The van der Waals surface area contributed by atoms with Crippen LogP contribution in [0, 0.1) is 5.82 Å². The first kappa shape index (κ1) is 19.0. The lowest BCUT2D eigenvalue weighted by molar-refractivity contribution is -0.123. The summed E-state index contributed by atoms with van der Waals surface area (Å²) in [7, 11) is 0. The first-order valence-electron chi connectivity index (χ1n) is 9.39. The van der Waals surface area contributed by atoms with Crippen molar-refractivity contribution in [1.82, 2.24) is 21.2 Å². The highest BCUT2D eigenvalue weighted by molar-refractivity contribution is 5.82. The molecule has 0 aliphatic carbocycles. The van der Waals surface area contributed by atoms with Gasteiger partial charge in [-0.05, 0) is 41.8 Å². The average molecular weight is 392 g/mol. The molecule has 7 heteroatoms. The van der Waals surface area contributed by atoms with Crippen LogP contribution in [0.15, 0.2) is 73.1 Å². The van der Waals surface area contributed by atoms with Crippen molar-refractivity contribution in [3.05, 3.63) is 90.0 Å². The number of benzene rings is 2. The Labute approximate surface area is 168 Å². The van der Waals surface area contributed by atoms with Crippen molar-refractivity contribution in [1.29, 1.82) is 0 Å². The molecule has 1 aliphatic heterocycles. The number of aromatic nitrogens is 1. The quantitative estimate of drug-likeness (QED) is 0.601. The third-order valence-corrected chi connectivity index (χ3v) is 4.75. The number of halogens is 1. The summed E-state index contributed by atoms with van der Waals surface area (Å²) in [4.78, 5) is 16.4. The Morgan fingerprint density at radius 2 is 2.00 bits per heavy atom. The minimum absolute atomic E-state index is 0.0771. The van der Waals surface area contributed by atoms with Gasteiger partial charge in [-0.15, -0.1) is 0 Å². The molecule has 1 aromatic heterocycles. The van der Waals surface area contributed by atoms with E-state index in [9.17, 15) is 9.18 Å². The van der Waals surface area contributed by atoms with Crippen molar-refractivity contribution in [2.75, 3.05) is 0 Å². The molecule has 3 aromatic rings. The van der Waals surface area contributed by atoms with Crippen LogP contribution in [0.25, 0.3) is 0 Å². The molecule has 3 N–H and O–H groups in total. The van der Waals surface area contributed by atoms with Crippen molar-refractivity contribution in [2.24, 2.45) is 0 Å². The van der Waals surface area contributed by atoms with Crippen molar-refractivity contribution in [2.45, 2.75) is 25.0 Å². The van der Waals surface area contributed by atoms with Crippen LogP contribution in [0.4, 0.5) is 4.39 Å². The summed E-state index contributed by atoms with van der Waals surface area (Å²) < 4.78 is 19.8. The van der Waals surface area contributed by atoms with Crippen LogP contribution in [-0.4, -0.2) is 16.9 Å². The maximum Gasteiger partial charge on any atom is 0.238 e. The summed E-state index contributed by atoms with van der Waals surface area (Å²) in [5.41, 5.74) is 7.96. The molecule has 29 heavy (non-hydrogen) atoms. The molecule has 0 saturated carbocycles. The number of hydrogen-bond acceptors (Lipinski definition) is 5. The number of nitrogens with one attached hydrogen (secondary N) is 3. The van der Waals surface area contributed by atoms with Crippen LogP contribution in [0.1, 0.15) is 23.6 Å². The lowest BCUT2D eigenvalue weighted by Gasteiger charge is -2.12. The van der Waals surface area contributed by atoms with Gasteiger partial charge in [-0.3, -0.25) is 9.78 Å². The molecule has 0 bridgehead atoms. The third-order valence-electron chi connectivity index (χ3n) is 4.75. The van der Waals surface area contributed by atoms with E-state index < -0.39 is 5.82 Å². The normalized spacial score (nSPS) is 18.4. The topological polar surface area (TPSA) is 75.3 Å². The number of carbonyl (C=O) groups excluding carboxylic acids is 1. The fraction of sp³-hybridized carbons (Fsp3) is 0.182. The van der Waals surface area contributed by atoms with Gasteiger partial charge in [-0.1, -0.05) is 36.4 Å². The van der Waals surface area contributed by atoms with E-state index in [-0.39, 0.29) is 30.3 Å². The number of nitrogens with zero attached hydrogens (tertiary/aromatic N) is 1. The second-order valence-corrected chi connectivity index (χ2v) is 6.81. The van der Waals surface area contributed by atoms with Crippen LogP contribution in [-0.2, 0) is 11.3 Å². The number of hydrogen-bond donors (Lipinski definition) is 3. The predicted molar refractivity (Wildman–Crippen MR) is 106 cm³/mol. The Morgan fingerprint density at radius 1 is 1.14 bits per heavy atom. The van der Waals surface area contributed by atoms with Gasteiger partial charge in [0.25, 0.3) is 0 Å². The second kappa shape index (κ2) is 8.81. The van der Waals surface area contributed by atoms with E-state index in [1.807, 2.05) is 30.3 Å². The number of amides is 1. The monoisotopic (exact) mass is 392 g/mol. The van der Waals surface area contributed by atoms with Crippen LogP contribution < -0.4 is 20.9 Å². The highest BCUT2D eigenvalue weighted by Gasteiger charge is 2.29. The van der Waals surface area contributed by atoms with Gasteiger partial charge >= 0.3 is 0 Å². The van der Waals surface area contributed by atoms with Crippen molar-refractivity contribution in [3.63, 3.8) is 0 Å². The molecule has 1 aliphatic rings. The molecule has 2 aromatic carbocycles. The van der Waals surface area contributed by atoms with Gasteiger partial charge < -0.3 is 10.1 Å². The highest BCUT2D eigenvalue weighted by Crippen LogP contribution is 2.25.